The Morgan fingerprint density at radius 1 is 0.489 bits per heavy atom. The quantitative estimate of drug-likeness (QED) is 0.0287. The monoisotopic (exact) mass is 663 g/mol. The minimum Gasteiger partial charge on any atom is -0.466 e. The number of unbranched alkanes of at least 4 members (excludes halogenated alkanes) is 24. The van der Waals surface area contributed by atoms with Crippen molar-refractivity contribution in [1.29, 1.82) is 0 Å². The van der Waals surface area contributed by atoms with Crippen LogP contribution in [0.1, 0.15) is 200 Å². The first-order valence-electron chi connectivity index (χ1n) is 20.8. The van der Waals surface area contributed by atoms with Gasteiger partial charge in [-0.1, -0.05) is 154 Å². The summed E-state index contributed by atoms with van der Waals surface area (Å²) in [6, 6.07) is 0. The molecule has 0 aromatic carbocycles. The van der Waals surface area contributed by atoms with Crippen molar-refractivity contribution in [2.24, 2.45) is 0 Å². The lowest BCUT2D eigenvalue weighted by atomic mass is 10.1. The number of hydrogen-bond acceptors (Lipinski definition) is 3. The van der Waals surface area contributed by atoms with Crippen LogP contribution in [0.4, 0.5) is 0 Å². The van der Waals surface area contributed by atoms with E-state index in [1.54, 1.807) is 0 Å². The zero-order chi connectivity index (χ0) is 34.5. The van der Waals surface area contributed by atoms with Crippen LogP contribution in [-0.4, -0.2) is 57.5 Å². The summed E-state index contributed by atoms with van der Waals surface area (Å²) >= 11 is 0. The van der Waals surface area contributed by atoms with E-state index >= 15 is 0 Å². The molecule has 4 nitrogen and oxygen atoms in total. The second kappa shape index (κ2) is 36.2. The van der Waals surface area contributed by atoms with Crippen LogP contribution in [0.2, 0.25) is 0 Å². The maximum atomic E-state index is 12.6. The van der Waals surface area contributed by atoms with Gasteiger partial charge in [0, 0.05) is 6.61 Å². The predicted molar refractivity (Wildman–Crippen MR) is 207 cm³/mol. The van der Waals surface area contributed by atoms with E-state index < -0.39 is 0 Å². The molecule has 0 saturated carbocycles. The molecule has 278 valence electrons. The van der Waals surface area contributed by atoms with E-state index in [4.69, 9.17) is 9.47 Å². The van der Waals surface area contributed by atoms with Gasteiger partial charge in [-0.3, -0.25) is 4.79 Å². The molecule has 0 aromatic rings. The Hall–Kier alpha value is -1.13. The molecule has 0 saturated heterocycles. The molecule has 0 spiro atoms. The van der Waals surface area contributed by atoms with Gasteiger partial charge in [-0.15, -0.1) is 0 Å². The van der Waals surface area contributed by atoms with Gasteiger partial charge in [0.05, 0.1) is 34.2 Å². The van der Waals surface area contributed by atoms with E-state index in [1.807, 2.05) is 0 Å². The summed E-state index contributed by atoms with van der Waals surface area (Å²) in [5.41, 5.74) is 0. The van der Waals surface area contributed by atoms with Crippen molar-refractivity contribution in [2.75, 3.05) is 40.9 Å². The first kappa shape index (κ1) is 45.9. The number of carbonyl (C=O) groups excluding carboxylic acids is 1. The third-order valence-electron chi connectivity index (χ3n) is 9.07. The summed E-state index contributed by atoms with van der Waals surface area (Å²) in [4.78, 5) is 12.6. The Balaban J connectivity index is 3.75. The molecule has 0 heterocycles. The molecule has 0 radical (unpaired) electrons. The van der Waals surface area contributed by atoms with Crippen molar-refractivity contribution in [3.63, 3.8) is 0 Å². The number of nitrogens with zero attached hydrogens (tertiary/aromatic N) is 1. The van der Waals surface area contributed by atoms with Gasteiger partial charge in [-0.25, -0.2) is 0 Å². The fraction of sp³-hybridized carbons (Fsp3) is 0.884. The molecule has 1 atom stereocenters. The number of hydrogen-bond donors (Lipinski definition) is 0. The van der Waals surface area contributed by atoms with Gasteiger partial charge in [-0.2, -0.15) is 0 Å². The number of ether oxygens (including phenoxy) is 2. The molecule has 0 bridgehead atoms. The fourth-order valence-electron chi connectivity index (χ4n) is 6.17. The highest BCUT2D eigenvalue weighted by molar-refractivity contribution is 5.69. The number of carbonyl (C=O) groups is 1. The molecule has 0 amide bonds. The topological polar surface area (TPSA) is 35.5 Å². The van der Waals surface area contributed by atoms with E-state index in [2.05, 4.69) is 59.3 Å². The lowest BCUT2D eigenvalue weighted by Gasteiger charge is -2.29. The molecule has 1 unspecified atom stereocenters. The van der Waals surface area contributed by atoms with Crippen LogP contribution < -0.4 is 0 Å². The van der Waals surface area contributed by atoms with Crippen LogP contribution in [0, 0.1) is 0 Å². The highest BCUT2D eigenvalue weighted by Crippen LogP contribution is 2.13. The van der Waals surface area contributed by atoms with Crippen molar-refractivity contribution >= 4 is 5.97 Å². The predicted octanol–water partition coefficient (Wildman–Crippen LogP) is 13.1. The molecule has 0 N–H and O–H groups in total. The molecule has 0 aromatic heterocycles. The van der Waals surface area contributed by atoms with E-state index in [1.165, 1.54) is 161 Å². The fourth-order valence-corrected chi connectivity index (χ4v) is 6.17. The van der Waals surface area contributed by atoms with Gasteiger partial charge in [0.15, 0.2) is 0 Å². The van der Waals surface area contributed by atoms with Gasteiger partial charge in [0.2, 0.25) is 0 Å². The van der Waals surface area contributed by atoms with Crippen LogP contribution >= 0.6 is 0 Å². The minimum absolute atomic E-state index is 0.0644. The van der Waals surface area contributed by atoms with E-state index in [0.29, 0.717) is 13.0 Å². The van der Waals surface area contributed by atoms with Gasteiger partial charge in [-0.05, 0) is 64.2 Å². The molecule has 0 aliphatic heterocycles. The zero-order valence-electron chi connectivity index (χ0n) is 32.7. The van der Waals surface area contributed by atoms with Crippen LogP contribution in [0.5, 0.6) is 0 Å². The lowest BCUT2D eigenvalue weighted by molar-refractivity contribution is -0.873. The van der Waals surface area contributed by atoms with E-state index in [-0.39, 0.29) is 12.1 Å². The number of esters is 1. The summed E-state index contributed by atoms with van der Waals surface area (Å²) in [6.45, 7) is 6.68. The highest BCUT2D eigenvalue weighted by atomic mass is 16.5. The number of quaternary nitrogens is 1. The van der Waals surface area contributed by atoms with Crippen LogP contribution in [0.25, 0.3) is 0 Å². The molecule has 0 rings (SSSR count). The largest absolute Gasteiger partial charge is 0.466 e. The van der Waals surface area contributed by atoms with Crippen molar-refractivity contribution in [2.45, 2.75) is 206 Å². The summed E-state index contributed by atoms with van der Waals surface area (Å²) in [5, 5.41) is 0. The molecule has 4 heteroatoms. The maximum Gasteiger partial charge on any atom is 0.308 e. The third kappa shape index (κ3) is 39.2. The normalized spacial score (nSPS) is 12.9. The first-order chi connectivity index (χ1) is 22.9. The van der Waals surface area contributed by atoms with Crippen molar-refractivity contribution in [1.82, 2.24) is 0 Å². The smallest absolute Gasteiger partial charge is 0.308 e. The summed E-state index contributed by atoms with van der Waals surface area (Å²) < 4.78 is 12.6. The SMILES string of the molecule is CCCCCCCC/C=C\CCCCCCCCOC(=O)CC(C[N+](C)(C)C)OCCCCCCCC/C=C\CCCCCCCC. The number of allylic oxidation sites excluding steroid dienone is 4. The average molecular weight is 663 g/mol. The lowest BCUT2D eigenvalue weighted by Crippen LogP contribution is -2.43. The summed E-state index contributed by atoms with van der Waals surface area (Å²) in [5.74, 6) is -0.0998. The Kier molecular flexibility index (Phi) is 35.3. The Morgan fingerprint density at radius 2 is 0.830 bits per heavy atom. The van der Waals surface area contributed by atoms with Crippen molar-refractivity contribution in [3.05, 3.63) is 24.3 Å². The van der Waals surface area contributed by atoms with Crippen LogP contribution in [0.3, 0.4) is 0 Å². The molecule has 0 aliphatic carbocycles. The van der Waals surface area contributed by atoms with E-state index in [0.717, 1.165) is 36.9 Å². The number of rotatable bonds is 37. The second-order valence-corrected chi connectivity index (χ2v) is 15.3. The Morgan fingerprint density at radius 3 is 1.21 bits per heavy atom. The van der Waals surface area contributed by atoms with E-state index in [9.17, 15) is 4.79 Å². The van der Waals surface area contributed by atoms with Crippen LogP contribution in [0.15, 0.2) is 24.3 Å². The molecular weight excluding hydrogens is 578 g/mol. The van der Waals surface area contributed by atoms with Crippen molar-refractivity contribution < 1.29 is 18.8 Å². The Bertz CT molecular complexity index is 696. The van der Waals surface area contributed by atoms with Crippen molar-refractivity contribution in [3.8, 4) is 0 Å². The van der Waals surface area contributed by atoms with Gasteiger partial charge in [0.25, 0.3) is 0 Å². The molecule has 47 heavy (non-hydrogen) atoms. The molecule has 0 fully saturated rings. The molecular formula is C43H84NO3+. The van der Waals surface area contributed by atoms with Gasteiger partial charge < -0.3 is 14.0 Å². The van der Waals surface area contributed by atoms with Gasteiger partial charge >= 0.3 is 5.97 Å². The first-order valence-corrected chi connectivity index (χ1v) is 20.8. The van der Waals surface area contributed by atoms with Crippen LogP contribution in [-0.2, 0) is 14.3 Å². The standard InChI is InChI=1S/C43H84NO3/c1-6-8-10-12-14-16-18-20-22-24-26-28-30-32-34-36-38-46-42(41-44(3,4)5)40-43(45)47-39-37-35-33-31-29-27-25-23-21-19-17-15-13-11-9-7-2/h20-23,42H,6-19,24-41H2,1-5H3/q+1/b22-20-,23-21-. The number of likely N-dealkylation sites (N-methyl/N-ethyl adjacent to an activating group) is 1. The highest BCUT2D eigenvalue weighted by Gasteiger charge is 2.22. The third-order valence-corrected chi connectivity index (χ3v) is 9.07. The zero-order valence-corrected chi connectivity index (χ0v) is 32.7. The second-order valence-electron chi connectivity index (χ2n) is 15.3. The molecule has 0 aliphatic rings. The summed E-state index contributed by atoms with van der Waals surface area (Å²) in [6.07, 6.45) is 46.3. The van der Waals surface area contributed by atoms with Gasteiger partial charge in [0.1, 0.15) is 12.6 Å². The average Bonchev–Trinajstić information content (AvgIpc) is 3.03. The maximum absolute atomic E-state index is 12.6. The minimum atomic E-state index is -0.0998. The Labute approximate surface area is 295 Å². The summed E-state index contributed by atoms with van der Waals surface area (Å²) in [7, 11) is 6.49.